The normalized spacial score (nSPS) is 17.8. The van der Waals surface area contributed by atoms with Gasteiger partial charge in [-0.1, -0.05) is 0 Å². The Bertz CT molecular complexity index is 936. The van der Waals surface area contributed by atoms with Gasteiger partial charge in [-0.25, -0.2) is 0 Å². The first-order valence-electron chi connectivity index (χ1n) is 12.1. The first-order valence-corrected chi connectivity index (χ1v) is 20.8. The molecule has 2 N–H and O–H groups in total. The van der Waals surface area contributed by atoms with Crippen LogP contribution in [0.4, 0.5) is 0 Å². The molecule has 1 saturated heterocycles. The van der Waals surface area contributed by atoms with E-state index in [1.807, 2.05) is 6.66 Å². The van der Waals surface area contributed by atoms with Gasteiger partial charge in [-0.2, -0.15) is 0 Å². The minimum atomic E-state index is -2.32. The van der Waals surface area contributed by atoms with E-state index in [1.165, 1.54) is 43.5 Å². The summed E-state index contributed by atoms with van der Waals surface area (Å²) in [7, 11) is 0. The third kappa shape index (κ3) is 7.34. The summed E-state index contributed by atoms with van der Waals surface area (Å²) in [6.45, 7) is 6.89. The van der Waals surface area contributed by atoms with Crippen LogP contribution in [-0.2, 0) is 20.0 Å². The molecule has 174 valence electrons. The Balaban J connectivity index is 0.000000335. The van der Waals surface area contributed by atoms with Crippen LogP contribution in [0.3, 0.4) is 0 Å². The summed E-state index contributed by atoms with van der Waals surface area (Å²) in [4.78, 5) is 0. The smallest absolute Gasteiger partial charge is 0.0483 e. The molecule has 2 aromatic rings. The Kier molecular flexibility index (Phi) is 9.43. The van der Waals surface area contributed by atoms with Gasteiger partial charge < -0.3 is 10.2 Å². The number of aliphatic hydroxyl groups is 2. The molecule has 3 aliphatic rings. The number of allylic oxidation sites excluding steroid dienone is 8. The van der Waals surface area contributed by atoms with E-state index in [0.717, 1.165) is 0 Å². The zero-order valence-corrected chi connectivity index (χ0v) is 24.1. The minimum absolute atomic E-state index is 0.167. The van der Waals surface area contributed by atoms with E-state index in [2.05, 4.69) is 85.0 Å². The molecule has 1 aliphatic heterocycles. The maximum atomic E-state index is 8.06. The van der Waals surface area contributed by atoms with Crippen molar-refractivity contribution in [1.29, 1.82) is 0 Å². The van der Waals surface area contributed by atoms with Gasteiger partial charge in [-0.15, -0.1) is 0 Å². The molecule has 2 nitrogen and oxygen atoms in total. The molecule has 0 radical (unpaired) electrons. The largest absolute Gasteiger partial charge is 0.394 e. The van der Waals surface area contributed by atoms with Crippen molar-refractivity contribution >= 4 is 11.1 Å². The summed E-state index contributed by atoms with van der Waals surface area (Å²) < 4.78 is 6.77. The van der Waals surface area contributed by atoms with Crippen molar-refractivity contribution < 1.29 is 30.2 Å². The average Bonchev–Trinajstić information content (AvgIpc) is 3.22. The zero-order chi connectivity index (χ0) is 23.8. The molecule has 0 unspecified atom stereocenters. The molecule has 0 atom stereocenters. The molecule has 0 spiro atoms. The molecule has 1 heterocycles. The fourth-order valence-electron chi connectivity index (χ4n) is 4.36. The van der Waals surface area contributed by atoms with Crippen LogP contribution in [0.2, 0.25) is 8.35 Å². The van der Waals surface area contributed by atoms with E-state index < -0.39 is 20.0 Å². The van der Waals surface area contributed by atoms with Crippen LogP contribution in [0.1, 0.15) is 51.7 Å². The van der Waals surface area contributed by atoms with E-state index in [4.69, 9.17) is 10.2 Å². The van der Waals surface area contributed by atoms with Gasteiger partial charge in [0.1, 0.15) is 0 Å². The summed E-state index contributed by atoms with van der Waals surface area (Å²) in [6, 6.07) is 21.8. The Morgan fingerprint density at radius 1 is 0.606 bits per heavy atom. The number of hydrogen-bond donors (Lipinski definition) is 2. The van der Waals surface area contributed by atoms with Gasteiger partial charge in [0.25, 0.3) is 0 Å². The van der Waals surface area contributed by atoms with Crippen molar-refractivity contribution in [2.75, 3.05) is 0 Å². The van der Waals surface area contributed by atoms with Crippen molar-refractivity contribution in [2.24, 2.45) is 0 Å². The van der Waals surface area contributed by atoms with Gasteiger partial charge in [0.05, 0.1) is 0 Å². The second kappa shape index (κ2) is 12.1. The second-order valence-electron chi connectivity index (χ2n) is 9.57. The SMILES string of the molecule is C1=C(c2ccccc2)C=[C]([Hf]2([C]3=CC(c4ccccc4)=CC3)[CH2][CH2]2)C1.CC(C)O.CC(C)O. The van der Waals surface area contributed by atoms with E-state index in [1.54, 1.807) is 27.7 Å². The molecular formula is C30H38HfO2. The van der Waals surface area contributed by atoms with Crippen molar-refractivity contribution in [3.05, 3.63) is 103 Å². The topological polar surface area (TPSA) is 40.5 Å². The first-order chi connectivity index (χ1) is 15.8. The molecule has 0 saturated carbocycles. The number of benzene rings is 2. The van der Waals surface area contributed by atoms with Crippen LogP contribution >= 0.6 is 0 Å². The summed E-state index contributed by atoms with van der Waals surface area (Å²) >= 11 is -2.32. The molecule has 0 amide bonds. The predicted octanol–water partition coefficient (Wildman–Crippen LogP) is 7.51. The molecule has 3 heteroatoms. The van der Waals surface area contributed by atoms with Crippen molar-refractivity contribution in [1.82, 2.24) is 0 Å². The van der Waals surface area contributed by atoms with Crippen molar-refractivity contribution in [3.63, 3.8) is 0 Å². The van der Waals surface area contributed by atoms with E-state index >= 15 is 0 Å². The van der Waals surface area contributed by atoms with Crippen LogP contribution in [0.15, 0.2) is 91.6 Å². The van der Waals surface area contributed by atoms with Crippen LogP contribution in [0.25, 0.3) is 11.1 Å². The molecule has 2 aliphatic carbocycles. The van der Waals surface area contributed by atoms with Gasteiger partial charge in [0, 0.05) is 12.2 Å². The van der Waals surface area contributed by atoms with Crippen LogP contribution in [0.5, 0.6) is 0 Å². The summed E-state index contributed by atoms with van der Waals surface area (Å²) in [5.74, 6) is 0. The number of hydrogen-bond acceptors (Lipinski definition) is 2. The molecule has 33 heavy (non-hydrogen) atoms. The Labute approximate surface area is 204 Å². The van der Waals surface area contributed by atoms with Gasteiger partial charge in [0.15, 0.2) is 0 Å². The quantitative estimate of drug-likeness (QED) is 0.353. The van der Waals surface area contributed by atoms with Crippen molar-refractivity contribution in [3.8, 4) is 0 Å². The number of aliphatic hydroxyl groups excluding tert-OH is 2. The third-order valence-corrected chi connectivity index (χ3v) is 22.7. The molecule has 0 bridgehead atoms. The maximum absolute atomic E-state index is 8.06. The summed E-state index contributed by atoms with van der Waals surface area (Å²) in [5.41, 5.74) is 5.67. The molecular weight excluding hydrogens is 571 g/mol. The van der Waals surface area contributed by atoms with Crippen molar-refractivity contribution in [2.45, 2.75) is 61.1 Å². The van der Waals surface area contributed by atoms with Gasteiger partial charge in [0.2, 0.25) is 0 Å². The molecule has 0 aromatic heterocycles. The standard InChI is InChI=1S/2C11H9.2C3H8O.C2H4.Hf/c2*1-2-6-10(7-3-1)11-8-4-5-9-11;2*1-3(2)4;1-2;/h2*1-3,6-9H,4H2;2*3-4H,1-2H3;1-2H2;. The van der Waals surface area contributed by atoms with Crippen LogP contribution in [-0.4, -0.2) is 22.4 Å². The van der Waals surface area contributed by atoms with Crippen LogP contribution < -0.4 is 0 Å². The van der Waals surface area contributed by atoms with Crippen LogP contribution in [0, 0.1) is 0 Å². The molecule has 5 rings (SSSR count). The van der Waals surface area contributed by atoms with E-state index in [-0.39, 0.29) is 12.2 Å². The average molecular weight is 609 g/mol. The second-order valence-corrected chi connectivity index (χ2v) is 25.6. The molecule has 2 aromatic carbocycles. The first kappa shape index (κ1) is 25.8. The fraction of sp³-hybridized carbons (Fsp3) is 0.333. The number of rotatable bonds is 4. The van der Waals surface area contributed by atoms with E-state index in [0.29, 0.717) is 0 Å². The summed E-state index contributed by atoms with van der Waals surface area (Å²) in [6.07, 6.45) is 12.1. The maximum Gasteiger partial charge on any atom is 0.0483 e. The molecule has 1 fully saturated rings. The Hall–Kier alpha value is -1.81. The monoisotopic (exact) mass is 610 g/mol. The Morgan fingerprint density at radius 3 is 1.24 bits per heavy atom. The summed E-state index contributed by atoms with van der Waals surface area (Å²) in [5, 5.41) is 16.1. The fourth-order valence-corrected chi connectivity index (χ4v) is 25.3. The zero-order valence-electron chi connectivity index (χ0n) is 20.5. The van der Waals surface area contributed by atoms with Gasteiger partial charge in [-0.05, 0) is 27.7 Å². The van der Waals surface area contributed by atoms with Gasteiger partial charge in [-0.3, -0.25) is 0 Å². The minimum Gasteiger partial charge on any atom is -0.394 e. The Morgan fingerprint density at radius 2 is 0.939 bits per heavy atom. The third-order valence-electron chi connectivity index (χ3n) is 5.94. The van der Waals surface area contributed by atoms with Gasteiger partial charge >= 0.3 is 155 Å². The predicted molar refractivity (Wildman–Crippen MR) is 139 cm³/mol. The van der Waals surface area contributed by atoms with E-state index in [9.17, 15) is 0 Å².